The van der Waals surface area contributed by atoms with Crippen LogP contribution in [0.3, 0.4) is 0 Å². The Morgan fingerprint density at radius 1 is 1.17 bits per heavy atom. The molecular weight excluding hydrogens is 396 g/mol. The van der Waals surface area contributed by atoms with Crippen molar-refractivity contribution >= 4 is 0 Å². The summed E-state index contributed by atoms with van der Waals surface area (Å²) in [6, 6.07) is 0. The van der Waals surface area contributed by atoms with Crippen LogP contribution in [0.1, 0.15) is 53.9 Å². The van der Waals surface area contributed by atoms with Gasteiger partial charge in [0.2, 0.25) is 0 Å². The first-order chi connectivity index (χ1) is 8.10. The Morgan fingerprint density at radius 3 is 2.22 bits per heavy atom. The van der Waals surface area contributed by atoms with E-state index in [-0.39, 0.29) is 26.9 Å². The van der Waals surface area contributed by atoms with Gasteiger partial charge in [-0.1, -0.05) is 27.7 Å². The molecule has 2 aliphatic rings. The molecule has 0 aromatic carbocycles. The van der Waals surface area contributed by atoms with E-state index in [0.29, 0.717) is 23.9 Å². The summed E-state index contributed by atoms with van der Waals surface area (Å²) in [5.41, 5.74) is 0. The third kappa shape index (κ3) is 3.38. The van der Waals surface area contributed by atoms with Crippen LogP contribution >= 0.6 is 0 Å². The van der Waals surface area contributed by atoms with Crippen LogP contribution in [-0.2, 0) is 30.5 Å². The predicted molar refractivity (Wildman–Crippen MR) is 71.6 cm³/mol. The molecule has 5 atom stereocenters. The average Bonchev–Trinajstić information content (AvgIpc) is 2.84. The maximum Gasteiger partial charge on any atom is 0.171 e. The average molecular weight is 425 g/mol. The van der Waals surface area contributed by atoms with Gasteiger partial charge in [-0.3, -0.25) is 0 Å². The largest absolute Gasteiger partial charge is 0.350 e. The van der Waals surface area contributed by atoms with Crippen molar-refractivity contribution in [3.05, 3.63) is 6.92 Å². The standard InChI is InChI=1S/C13H24O2.C2H5.W/c1-5-12-10(3)9(2)11(4)13(15-12)7-6-8-14-13;1-2;/h9-12H,5-8H2,1-4H3;1H2,2H3;/q;-1;/t9-,10-,11+,12+,13-;;/m0../s1. The topological polar surface area (TPSA) is 18.5 Å². The molecule has 1 spiro atoms. The Kier molecular flexibility index (Phi) is 8.29. The second-order valence-electron chi connectivity index (χ2n) is 5.34. The van der Waals surface area contributed by atoms with E-state index < -0.39 is 0 Å². The number of rotatable bonds is 1. The third-order valence-corrected chi connectivity index (χ3v) is 4.67. The summed E-state index contributed by atoms with van der Waals surface area (Å²) in [6.45, 7) is 15.0. The number of hydrogen-bond acceptors (Lipinski definition) is 2. The van der Waals surface area contributed by atoms with Gasteiger partial charge in [0.15, 0.2) is 5.79 Å². The molecule has 2 nitrogen and oxygen atoms in total. The zero-order valence-electron chi connectivity index (χ0n) is 12.6. The van der Waals surface area contributed by atoms with Gasteiger partial charge in [-0.15, -0.1) is 0 Å². The maximum absolute atomic E-state index is 6.26. The van der Waals surface area contributed by atoms with Crippen molar-refractivity contribution in [1.82, 2.24) is 0 Å². The summed E-state index contributed by atoms with van der Waals surface area (Å²) in [5.74, 6) is 1.63. The minimum absolute atomic E-state index is 0. The molecule has 3 heteroatoms. The Balaban J connectivity index is 0.000000917. The van der Waals surface area contributed by atoms with Crippen molar-refractivity contribution in [3.63, 3.8) is 0 Å². The fourth-order valence-electron chi connectivity index (χ4n) is 3.21. The second kappa shape index (κ2) is 8.02. The number of ether oxygens (including phenoxy) is 2. The van der Waals surface area contributed by atoms with Crippen LogP contribution in [0.25, 0.3) is 0 Å². The van der Waals surface area contributed by atoms with E-state index >= 15 is 0 Å². The maximum atomic E-state index is 6.26. The van der Waals surface area contributed by atoms with Crippen LogP contribution in [0, 0.1) is 24.7 Å². The summed E-state index contributed by atoms with van der Waals surface area (Å²) in [5, 5.41) is 0. The summed E-state index contributed by atoms with van der Waals surface area (Å²) >= 11 is 0. The molecule has 2 heterocycles. The molecule has 0 radical (unpaired) electrons. The second-order valence-corrected chi connectivity index (χ2v) is 5.34. The molecule has 2 saturated heterocycles. The van der Waals surface area contributed by atoms with Crippen LogP contribution in [0.2, 0.25) is 0 Å². The molecule has 0 saturated carbocycles. The SMILES string of the molecule is CC[C@H]1O[C@@]2(CCCO2)[C@H](C)[C@@H](C)[C@@H]1C.[CH2-]C.[W]. The summed E-state index contributed by atoms with van der Waals surface area (Å²) < 4.78 is 12.2. The molecular formula is C15H29O2W-. The van der Waals surface area contributed by atoms with E-state index in [1.807, 2.05) is 0 Å². The Bertz CT molecular complexity index is 225. The fourth-order valence-corrected chi connectivity index (χ4v) is 3.21. The van der Waals surface area contributed by atoms with E-state index in [9.17, 15) is 0 Å². The zero-order valence-corrected chi connectivity index (χ0v) is 15.5. The Labute approximate surface area is 127 Å². The van der Waals surface area contributed by atoms with Gasteiger partial charge in [0.1, 0.15) is 0 Å². The van der Waals surface area contributed by atoms with E-state index in [1.165, 1.54) is 0 Å². The molecule has 0 N–H and O–H groups in total. The minimum Gasteiger partial charge on any atom is -0.350 e. The molecule has 2 rings (SSSR count). The molecule has 0 unspecified atom stereocenters. The predicted octanol–water partition coefficient (Wildman–Crippen LogP) is 4.05. The van der Waals surface area contributed by atoms with Gasteiger partial charge in [0, 0.05) is 33.4 Å². The third-order valence-electron chi connectivity index (χ3n) is 4.67. The molecule has 0 amide bonds. The summed E-state index contributed by atoms with van der Waals surface area (Å²) in [4.78, 5) is 0. The van der Waals surface area contributed by atoms with Crippen molar-refractivity contribution in [2.75, 3.05) is 6.61 Å². The van der Waals surface area contributed by atoms with Crippen molar-refractivity contribution in [2.45, 2.75) is 65.8 Å². The first kappa shape index (κ1) is 18.6. The molecule has 18 heavy (non-hydrogen) atoms. The van der Waals surface area contributed by atoms with Crippen LogP contribution in [0.4, 0.5) is 0 Å². The van der Waals surface area contributed by atoms with Gasteiger partial charge < -0.3 is 16.4 Å². The molecule has 0 aliphatic carbocycles. The molecule has 0 aromatic heterocycles. The van der Waals surface area contributed by atoms with Gasteiger partial charge in [-0.25, -0.2) is 0 Å². The first-order valence-electron chi connectivity index (χ1n) is 7.13. The van der Waals surface area contributed by atoms with Gasteiger partial charge >= 0.3 is 0 Å². The summed E-state index contributed by atoms with van der Waals surface area (Å²) in [6.07, 6.45) is 3.72. The molecule has 0 aromatic rings. The van der Waals surface area contributed by atoms with Gasteiger partial charge in [0.25, 0.3) is 0 Å². The van der Waals surface area contributed by atoms with E-state index in [4.69, 9.17) is 9.47 Å². The molecule has 2 fully saturated rings. The Morgan fingerprint density at radius 2 is 1.78 bits per heavy atom. The summed E-state index contributed by atoms with van der Waals surface area (Å²) in [7, 11) is 0. The number of hydrogen-bond donors (Lipinski definition) is 0. The smallest absolute Gasteiger partial charge is 0.171 e. The van der Waals surface area contributed by atoms with Crippen LogP contribution < -0.4 is 0 Å². The van der Waals surface area contributed by atoms with Gasteiger partial charge in [-0.2, -0.15) is 6.92 Å². The van der Waals surface area contributed by atoms with E-state index in [1.54, 1.807) is 6.92 Å². The molecule has 108 valence electrons. The van der Waals surface area contributed by atoms with Crippen molar-refractivity contribution in [1.29, 1.82) is 0 Å². The van der Waals surface area contributed by atoms with Crippen molar-refractivity contribution in [3.8, 4) is 0 Å². The van der Waals surface area contributed by atoms with E-state index in [0.717, 1.165) is 25.9 Å². The monoisotopic (exact) mass is 425 g/mol. The molecule has 0 bridgehead atoms. The quantitative estimate of drug-likeness (QED) is 0.591. The van der Waals surface area contributed by atoms with Crippen molar-refractivity contribution < 1.29 is 30.5 Å². The minimum atomic E-state index is -0.243. The van der Waals surface area contributed by atoms with Crippen molar-refractivity contribution in [2.24, 2.45) is 17.8 Å². The zero-order chi connectivity index (χ0) is 13.1. The normalized spacial score (nSPS) is 43.0. The van der Waals surface area contributed by atoms with E-state index in [2.05, 4.69) is 34.6 Å². The van der Waals surface area contributed by atoms with Crippen LogP contribution in [0.15, 0.2) is 0 Å². The Hall–Kier alpha value is 0.608. The fraction of sp³-hybridized carbons (Fsp3) is 0.933. The van der Waals surface area contributed by atoms with Crippen LogP contribution in [0.5, 0.6) is 0 Å². The van der Waals surface area contributed by atoms with Gasteiger partial charge in [0.05, 0.1) is 12.7 Å². The van der Waals surface area contributed by atoms with Gasteiger partial charge in [-0.05, 0) is 24.7 Å². The molecule has 2 aliphatic heterocycles. The van der Waals surface area contributed by atoms with Crippen LogP contribution in [-0.4, -0.2) is 18.5 Å². The first-order valence-corrected chi connectivity index (χ1v) is 7.13.